The summed E-state index contributed by atoms with van der Waals surface area (Å²) in [5.74, 6) is 6.01. The molecule has 0 saturated heterocycles. The third kappa shape index (κ3) is 4.91. The lowest BCUT2D eigenvalue weighted by molar-refractivity contribution is 0.246. The van der Waals surface area contributed by atoms with Crippen molar-refractivity contribution in [1.82, 2.24) is 4.90 Å². The largest absolute Gasteiger partial charge is 0.395 e. The molecule has 1 atom stereocenters. The Kier molecular flexibility index (Phi) is 6.28. The van der Waals surface area contributed by atoms with Crippen LogP contribution in [0.5, 0.6) is 0 Å². The molecule has 1 unspecified atom stereocenters. The van der Waals surface area contributed by atoms with Gasteiger partial charge in [0.1, 0.15) is 0 Å². The van der Waals surface area contributed by atoms with Gasteiger partial charge in [0.15, 0.2) is 0 Å². The molecule has 1 heterocycles. The summed E-state index contributed by atoms with van der Waals surface area (Å²) in [7, 11) is 2.16. The molecule has 0 aliphatic rings. The zero-order chi connectivity index (χ0) is 12.7. The van der Waals surface area contributed by atoms with Crippen LogP contribution in [0, 0.1) is 11.8 Å². The number of rotatable bonds is 5. The average Bonchev–Trinajstić information content (AvgIpc) is 2.76. The second-order valence-corrected chi connectivity index (χ2v) is 5.25. The van der Waals surface area contributed by atoms with Gasteiger partial charge in [0.2, 0.25) is 0 Å². The molecule has 1 aromatic rings. The lowest BCUT2D eigenvalue weighted by atomic mass is 10.2. The van der Waals surface area contributed by atoms with Crippen LogP contribution in [-0.2, 0) is 6.54 Å². The van der Waals surface area contributed by atoms with Crippen LogP contribution in [-0.4, -0.2) is 29.7 Å². The van der Waals surface area contributed by atoms with Crippen molar-refractivity contribution in [1.29, 1.82) is 0 Å². The van der Waals surface area contributed by atoms with Crippen LogP contribution < -0.4 is 0 Å². The summed E-state index contributed by atoms with van der Waals surface area (Å²) < 4.78 is 0. The van der Waals surface area contributed by atoms with Crippen molar-refractivity contribution >= 4 is 11.3 Å². The fourth-order valence-corrected chi connectivity index (χ4v) is 2.34. The maximum absolute atomic E-state index is 8.65. The predicted octanol–water partition coefficient (Wildman–Crippen LogP) is 2.71. The lowest BCUT2D eigenvalue weighted by Gasteiger charge is -2.22. The Bertz CT molecular complexity index is 388. The van der Waals surface area contributed by atoms with E-state index >= 15 is 0 Å². The molecule has 0 saturated carbocycles. The van der Waals surface area contributed by atoms with E-state index in [2.05, 4.69) is 49.1 Å². The van der Waals surface area contributed by atoms with E-state index in [1.54, 1.807) is 11.3 Å². The Morgan fingerprint density at radius 2 is 2.29 bits per heavy atom. The van der Waals surface area contributed by atoms with Crippen LogP contribution in [0.3, 0.4) is 0 Å². The highest BCUT2D eigenvalue weighted by atomic mass is 32.1. The fourth-order valence-electron chi connectivity index (χ4n) is 1.46. The van der Waals surface area contributed by atoms with Gasteiger partial charge in [-0.15, -0.1) is 11.3 Å². The molecule has 0 aliphatic heterocycles. The number of aliphatic hydroxyl groups is 1. The molecule has 0 aliphatic carbocycles. The van der Waals surface area contributed by atoms with Crippen LogP contribution in [0.25, 0.3) is 0 Å². The first-order valence-corrected chi connectivity index (χ1v) is 6.92. The van der Waals surface area contributed by atoms with Gasteiger partial charge in [-0.2, -0.15) is 0 Å². The van der Waals surface area contributed by atoms with E-state index in [1.807, 2.05) is 0 Å². The van der Waals surface area contributed by atoms with Crippen LogP contribution >= 0.6 is 11.3 Å². The van der Waals surface area contributed by atoms with Gasteiger partial charge in [-0.1, -0.05) is 18.8 Å². The van der Waals surface area contributed by atoms with E-state index in [-0.39, 0.29) is 6.61 Å². The molecular formula is C14H21NOS. The van der Waals surface area contributed by atoms with E-state index in [1.165, 1.54) is 11.3 Å². The minimum absolute atomic E-state index is 0.140. The average molecular weight is 251 g/mol. The first-order chi connectivity index (χ1) is 8.17. The maximum Gasteiger partial charge on any atom is 0.0540 e. The molecule has 0 spiro atoms. The second-order valence-electron chi connectivity index (χ2n) is 4.25. The van der Waals surface area contributed by atoms with Crippen molar-refractivity contribution in [3.63, 3.8) is 0 Å². The molecule has 0 radical (unpaired) electrons. The Labute approximate surface area is 108 Å². The predicted molar refractivity (Wildman–Crippen MR) is 74.1 cm³/mol. The van der Waals surface area contributed by atoms with Gasteiger partial charge in [-0.05, 0) is 26.5 Å². The molecular weight excluding hydrogens is 230 g/mol. The molecule has 94 valence electrons. The number of nitrogens with zero attached hydrogens (tertiary/aromatic N) is 1. The summed E-state index contributed by atoms with van der Waals surface area (Å²) in [4.78, 5) is 3.71. The summed E-state index contributed by atoms with van der Waals surface area (Å²) in [5, 5.41) is 10.7. The number of hydrogen-bond acceptors (Lipinski definition) is 3. The molecule has 17 heavy (non-hydrogen) atoms. The van der Waals surface area contributed by atoms with Crippen molar-refractivity contribution in [2.75, 3.05) is 13.7 Å². The number of aliphatic hydroxyl groups excluding tert-OH is 1. The first-order valence-electron chi connectivity index (χ1n) is 6.04. The van der Waals surface area contributed by atoms with E-state index in [9.17, 15) is 0 Å². The monoisotopic (exact) mass is 251 g/mol. The lowest BCUT2D eigenvalue weighted by Crippen LogP contribution is -2.27. The molecule has 0 bridgehead atoms. The van der Waals surface area contributed by atoms with Crippen LogP contribution in [0.1, 0.15) is 37.1 Å². The Morgan fingerprint density at radius 3 is 2.94 bits per heavy atom. The van der Waals surface area contributed by atoms with Crippen LogP contribution in [0.2, 0.25) is 0 Å². The molecule has 0 amide bonds. The Morgan fingerprint density at radius 1 is 1.53 bits per heavy atom. The van der Waals surface area contributed by atoms with E-state index in [4.69, 9.17) is 5.11 Å². The molecule has 1 N–H and O–H groups in total. The maximum atomic E-state index is 8.65. The quantitative estimate of drug-likeness (QED) is 0.813. The summed E-state index contributed by atoms with van der Waals surface area (Å²) >= 11 is 1.76. The van der Waals surface area contributed by atoms with Gasteiger partial charge in [-0.3, -0.25) is 4.90 Å². The van der Waals surface area contributed by atoms with Gasteiger partial charge in [0.25, 0.3) is 0 Å². The molecule has 0 aromatic carbocycles. The highest BCUT2D eigenvalue weighted by molar-refractivity contribution is 7.10. The van der Waals surface area contributed by atoms with Crippen molar-refractivity contribution in [2.24, 2.45) is 0 Å². The molecule has 2 nitrogen and oxygen atoms in total. The van der Waals surface area contributed by atoms with Crippen LogP contribution in [0.15, 0.2) is 11.4 Å². The SMILES string of the molecule is CCC(C)N(C)Cc1cc(C#CCCO)cs1. The zero-order valence-electron chi connectivity index (χ0n) is 10.9. The van der Waals surface area contributed by atoms with Gasteiger partial charge in [-0.25, -0.2) is 0 Å². The molecule has 1 rings (SSSR count). The highest BCUT2D eigenvalue weighted by Crippen LogP contribution is 2.17. The zero-order valence-corrected chi connectivity index (χ0v) is 11.7. The third-order valence-electron chi connectivity index (χ3n) is 2.87. The summed E-state index contributed by atoms with van der Waals surface area (Å²) in [6.45, 7) is 5.58. The third-order valence-corrected chi connectivity index (χ3v) is 3.79. The Balaban J connectivity index is 2.54. The second kappa shape index (κ2) is 7.50. The number of hydrogen-bond donors (Lipinski definition) is 1. The summed E-state index contributed by atoms with van der Waals surface area (Å²) in [6.07, 6.45) is 1.73. The van der Waals surface area contributed by atoms with Gasteiger partial charge in [0.05, 0.1) is 6.61 Å². The highest BCUT2D eigenvalue weighted by Gasteiger charge is 2.08. The molecule has 3 heteroatoms. The van der Waals surface area contributed by atoms with Gasteiger partial charge < -0.3 is 5.11 Å². The first kappa shape index (κ1) is 14.2. The van der Waals surface area contributed by atoms with Crippen molar-refractivity contribution < 1.29 is 5.11 Å². The summed E-state index contributed by atoms with van der Waals surface area (Å²) in [6, 6.07) is 2.76. The molecule has 1 aromatic heterocycles. The molecule has 0 fully saturated rings. The fraction of sp³-hybridized carbons (Fsp3) is 0.571. The van der Waals surface area contributed by atoms with Gasteiger partial charge >= 0.3 is 0 Å². The minimum Gasteiger partial charge on any atom is -0.395 e. The standard InChI is InChI=1S/C14H21NOS/c1-4-12(2)15(3)10-14-9-13(11-17-14)7-5-6-8-16/h9,11-12,16H,4,6,8,10H2,1-3H3. The van der Waals surface area contributed by atoms with E-state index in [0.29, 0.717) is 12.5 Å². The van der Waals surface area contributed by atoms with E-state index in [0.717, 1.165) is 12.1 Å². The van der Waals surface area contributed by atoms with Crippen LogP contribution in [0.4, 0.5) is 0 Å². The normalized spacial score (nSPS) is 12.3. The number of thiophene rings is 1. The Hall–Kier alpha value is -0.820. The van der Waals surface area contributed by atoms with Crippen molar-refractivity contribution in [3.05, 3.63) is 21.9 Å². The topological polar surface area (TPSA) is 23.5 Å². The van der Waals surface area contributed by atoms with E-state index < -0.39 is 0 Å². The summed E-state index contributed by atoms with van der Waals surface area (Å²) in [5.41, 5.74) is 1.07. The van der Waals surface area contributed by atoms with Gasteiger partial charge in [0, 0.05) is 34.8 Å². The minimum atomic E-state index is 0.140. The van der Waals surface area contributed by atoms with Crippen molar-refractivity contribution in [2.45, 2.75) is 39.3 Å². The smallest absolute Gasteiger partial charge is 0.0540 e. The van der Waals surface area contributed by atoms with Crippen molar-refractivity contribution in [3.8, 4) is 11.8 Å².